The van der Waals surface area contributed by atoms with Crippen LogP contribution < -0.4 is 0 Å². The molecule has 1 aliphatic rings. The maximum absolute atomic E-state index is 13.5. The number of benzene rings is 1. The van der Waals surface area contributed by atoms with Gasteiger partial charge in [-0.15, -0.1) is 0 Å². The van der Waals surface area contributed by atoms with Gasteiger partial charge in [0.2, 0.25) is 0 Å². The number of hydrogen-bond acceptors (Lipinski definition) is 3. The Balaban J connectivity index is 1.84. The summed E-state index contributed by atoms with van der Waals surface area (Å²) < 4.78 is 19.1. The minimum Gasteiger partial charge on any atom is -0.377 e. The standard InChI is InChI=1S/C16H22FNO2/c1-2-18(12-15-7-5-9-20-15)11-14(19)10-13-6-3-4-8-16(13)17/h3-4,6,8,15H,2,5,7,9-12H2,1H3. The first-order valence-corrected chi connectivity index (χ1v) is 7.28. The largest absolute Gasteiger partial charge is 0.377 e. The van der Waals surface area contributed by atoms with Gasteiger partial charge in [-0.2, -0.15) is 0 Å². The maximum Gasteiger partial charge on any atom is 0.151 e. The van der Waals surface area contributed by atoms with E-state index in [0.717, 1.165) is 32.5 Å². The van der Waals surface area contributed by atoms with Crippen molar-refractivity contribution in [2.45, 2.75) is 32.3 Å². The van der Waals surface area contributed by atoms with E-state index in [0.29, 0.717) is 12.1 Å². The lowest BCUT2D eigenvalue weighted by atomic mass is 10.1. The van der Waals surface area contributed by atoms with Crippen molar-refractivity contribution in [1.82, 2.24) is 4.90 Å². The van der Waals surface area contributed by atoms with Crippen LogP contribution in [0.15, 0.2) is 24.3 Å². The first-order chi connectivity index (χ1) is 9.69. The molecule has 1 aromatic rings. The average Bonchev–Trinajstić information content (AvgIpc) is 2.93. The Hall–Kier alpha value is -1.26. The SMILES string of the molecule is CCN(CC(=O)Cc1ccccc1F)CC1CCCO1. The van der Waals surface area contributed by atoms with E-state index in [-0.39, 0.29) is 24.1 Å². The smallest absolute Gasteiger partial charge is 0.151 e. The number of carbonyl (C=O) groups is 1. The van der Waals surface area contributed by atoms with Crippen molar-refractivity contribution in [1.29, 1.82) is 0 Å². The van der Waals surface area contributed by atoms with Crippen LogP contribution in [0.25, 0.3) is 0 Å². The fourth-order valence-corrected chi connectivity index (χ4v) is 2.54. The predicted molar refractivity (Wildman–Crippen MR) is 76.2 cm³/mol. The Labute approximate surface area is 119 Å². The molecule has 1 aromatic carbocycles. The second kappa shape index (κ2) is 7.50. The molecule has 0 aromatic heterocycles. The third-order valence-corrected chi connectivity index (χ3v) is 3.68. The van der Waals surface area contributed by atoms with Crippen molar-refractivity contribution in [3.63, 3.8) is 0 Å². The minimum absolute atomic E-state index is 0.0509. The fraction of sp³-hybridized carbons (Fsp3) is 0.562. The molecule has 0 N–H and O–H groups in total. The van der Waals surface area contributed by atoms with Gasteiger partial charge in [-0.25, -0.2) is 4.39 Å². The molecule has 1 aliphatic heterocycles. The molecule has 1 fully saturated rings. The molecule has 1 saturated heterocycles. The Morgan fingerprint density at radius 1 is 1.45 bits per heavy atom. The van der Waals surface area contributed by atoms with Crippen LogP contribution in [0, 0.1) is 5.82 Å². The van der Waals surface area contributed by atoms with Gasteiger partial charge in [-0.3, -0.25) is 9.69 Å². The number of ketones is 1. The summed E-state index contributed by atoms with van der Waals surface area (Å²) in [6.45, 7) is 4.82. The third kappa shape index (κ3) is 4.39. The second-order valence-electron chi connectivity index (χ2n) is 5.27. The first kappa shape index (κ1) is 15.1. The highest BCUT2D eigenvalue weighted by atomic mass is 19.1. The molecule has 0 saturated carbocycles. The molecule has 0 spiro atoms. The summed E-state index contributed by atoms with van der Waals surface area (Å²) in [6.07, 6.45) is 2.58. The number of carbonyl (C=O) groups excluding carboxylic acids is 1. The van der Waals surface area contributed by atoms with Crippen LogP contribution in [-0.2, 0) is 16.0 Å². The lowest BCUT2D eigenvalue weighted by Gasteiger charge is -2.22. The van der Waals surface area contributed by atoms with Gasteiger partial charge in [-0.1, -0.05) is 25.1 Å². The van der Waals surface area contributed by atoms with E-state index >= 15 is 0 Å². The normalized spacial score (nSPS) is 18.6. The van der Waals surface area contributed by atoms with Crippen LogP contribution in [0.2, 0.25) is 0 Å². The fourth-order valence-electron chi connectivity index (χ4n) is 2.54. The van der Waals surface area contributed by atoms with E-state index in [4.69, 9.17) is 4.74 Å². The van der Waals surface area contributed by atoms with E-state index in [1.807, 2.05) is 6.92 Å². The van der Waals surface area contributed by atoms with Crippen LogP contribution in [0.4, 0.5) is 4.39 Å². The molecule has 20 heavy (non-hydrogen) atoms. The van der Waals surface area contributed by atoms with Crippen LogP contribution in [0.3, 0.4) is 0 Å². The summed E-state index contributed by atoms with van der Waals surface area (Å²) in [6, 6.07) is 6.46. The summed E-state index contributed by atoms with van der Waals surface area (Å²) >= 11 is 0. The zero-order valence-corrected chi connectivity index (χ0v) is 12.0. The van der Waals surface area contributed by atoms with Crippen molar-refractivity contribution in [2.75, 3.05) is 26.2 Å². The maximum atomic E-state index is 13.5. The van der Waals surface area contributed by atoms with Gasteiger partial charge in [0.25, 0.3) is 0 Å². The Morgan fingerprint density at radius 2 is 2.25 bits per heavy atom. The second-order valence-corrected chi connectivity index (χ2v) is 5.27. The molecule has 1 atom stereocenters. The van der Waals surface area contributed by atoms with E-state index < -0.39 is 0 Å². The molecule has 3 nitrogen and oxygen atoms in total. The van der Waals surface area contributed by atoms with Crippen LogP contribution >= 0.6 is 0 Å². The number of rotatable bonds is 7. The van der Waals surface area contributed by atoms with Gasteiger partial charge in [0.1, 0.15) is 5.82 Å². The lowest BCUT2D eigenvalue weighted by molar-refractivity contribution is -0.119. The summed E-state index contributed by atoms with van der Waals surface area (Å²) in [7, 11) is 0. The number of nitrogens with zero attached hydrogens (tertiary/aromatic N) is 1. The molecule has 110 valence electrons. The highest BCUT2D eigenvalue weighted by Crippen LogP contribution is 2.13. The number of likely N-dealkylation sites (N-methyl/N-ethyl adjacent to an activating group) is 1. The first-order valence-electron chi connectivity index (χ1n) is 7.28. The number of Topliss-reactive ketones (excluding diaryl/α,β-unsaturated/α-hetero) is 1. The molecule has 1 unspecified atom stereocenters. The monoisotopic (exact) mass is 279 g/mol. The molecule has 0 radical (unpaired) electrons. The van der Waals surface area contributed by atoms with Crippen molar-refractivity contribution in [2.24, 2.45) is 0 Å². The van der Waals surface area contributed by atoms with E-state index in [2.05, 4.69) is 4.90 Å². The summed E-state index contributed by atoms with van der Waals surface area (Å²) in [5, 5.41) is 0. The van der Waals surface area contributed by atoms with Gasteiger partial charge in [0.05, 0.1) is 12.6 Å². The highest BCUT2D eigenvalue weighted by molar-refractivity contribution is 5.82. The van der Waals surface area contributed by atoms with E-state index in [1.54, 1.807) is 18.2 Å². The average molecular weight is 279 g/mol. The zero-order chi connectivity index (χ0) is 14.4. The molecule has 1 heterocycles. The quantitative estimate of drug-likeness (QED) is 0.768. The van der Waals surface area contributed by atoms with Crippen molar-refractivity contribution < 1.29 is 13.9 Å². The summed E-state index contributed by atoms with van der Waals surface area (Å²) in [5.74, 6) is -0.252. The van der Waals surface area contributed by atoms with Gasteiger partial charge >= 0.3 is 0 Å². The van der Waals surface area contributed by atoms with Crippen LogP contribution in [0.5, 0.6) is 0 Å². The summed E-state index contributed by atoms with van der Waals surface area (Å²) in [4.78, 5) is 14.1. The number of ether oxygens (including phenoxy) is 1. The van der Waals surface area contributed by atoms with Gasteiger partial charge < -0.3 is 4.74 Å². The van der Waals surface area contributed by atoms with Crippen molar-refractivity contribution in [3.8, 4) is 0 Å². The molecule has 0 aliphatic carbocycles. The Morgan fingerprint density at radius 3 is 2.90 bits per heavy atom. The minimum atomic E-state index is -0.303. The lowest BCUT2D eigenvalue weighted by Crippen LogP contribution is -2.36. The topological polar surface area (TPSA) is 29.5 Å². The van der Waals surface area contributed by atoms with Crippen LogP contribution in [-0.4, -0.2) is 43.0 Å². The number of halogens is 1. The van der Waals surface area contributed by atoms with Gasteiger partial charge in [0, 0.05) is 19.6 Å². The predicted octanol–water partition coefficient (Wildman–Crippen LogP) is 2.44. The Bertz CT molecular complexity index is 444. The highest BCUT2D eigenvalue weighted by Gasteiger charge is 2.20. The molecular formula is C16H22FNO2. The molecule has 4 heteroatoms. The molecule has 0 amide bonds. The van der Waals surface area contributed by atoms with E-state index in [1.165, 1.54) is 6.07 Å². The van der Waals surface area contributed by atoms with E-state index in [9.17, 15) is 9.18 Å². The Kier molecular flexibility index (Phi) is 5.68. The van der Waals surface area contributed by atoms with Gasteiger partial charge in [0.15, 0.2) is 5.78 Å². The zero-order valence-electron chi connectivity index (χ0n) is 12.0. The third-order valence-electron chi connectivity index (χ3n) is 3.68. The summed E-state index contributed by atoms with van der Waals surface area (Å²) in [5.41, 5.74) is 0.477. The van der Waals surface area contributed by atoms with Crippen molar-refractivity contribution >= 4 is 5.78 Å². The van der Waals surface area contributed by atoms with Gasteiger partial charge in [-0.05, 0) is 31.0 Å². The van der Waals surface area contributed by atoms with Crippen molar-refractivity contribution in [3.05, 3.63) is 35.6 Å². The molecular weight excluding hydrogens is 257 g/mol. The number of hydrogen-bond donors (Lipinski definition) is 0. The van der Waals surface area contributed by atoms with Crippen LogP contribution in [0.1, 0.15) is 25.3 Å². The molecule has 2 rings (SSSR count). The molecule has 0 bridgehead atoms.